The van der Waals surface area contributed by atoms with Gasteiger partial charge in [-0.15, -0.1) is 0 Å². The Morgan fingerprint density at radius 3 is 2.67 bits per heavy atom. The Hall–Kier alpha value is -2.24. The largest absolute Gasteiger partial charge is 0.496 e. The third-order valence-electron chi connectivity index (χ3n) is 4.94. The average Bonchev–Trinajstić information content (AvgIpc) is 2.66. The molecule has 2 rings (SSSR count). The van der Waals surface area contributed by atoms with Crippen molar-refractivity contribution >= 4 is 11.9 Å². The van der Waals surface area contributed by atoms with E-state index in [2.05, 4.69) is 34.7 Å². The molecular weight excluding hydrogens is 340 g/mol. The number of benzene rings is 1. The Bertz CT molecular complexity index is 637. The zero-order valence-electron chi connectivity index (χ0n) is 17.2. The van der Waals surface area contributed by atoms with Gasteiger partial charge in [-0.1, -0.05) is 37.0 Å². The van der Waals surface area contributed by atoms with Crippen LogP contribution >= 0.6 is 0 Å². The summed E-state index contributed by atoms with van der Waals surface area (Å²) in [6, 6.07) is 6.66. The van der Waals surface area contributed by atoms with Crippen molar-refractivity contribution in [1.29, 1.82) is 0 Å². The molecule has 1 aromatic carbocycles. The minimum Gasteiger partial charge on any atom is -0.496 e. The smallest absolute Gasteiger partial charge is 0.243 e. The van der Waals surface area contributed by atoms with E-state index in [1.165, 1.54) is 30.4 Å². The van der Waals surface area contributed by atoms with Crippen LogP contribution in [0.4, 0.5) is 0 Å². The van der Waals surface area contributed by atoms with E-state index in [1.54, 1.807) is 26.1 Å². The monoisotopic (exact) mass is 374 g/mol. The van der Waals surface area contributed by atoms with Crippen LogP contribution in [0.3, 0.4) is 0 Å². The van der Waals surface area contributed by atoms with Gasteiger partial charge < -0.3 is 20.3 Å². The van der Waals surface area contributed by atoms with Crippen LogP contribution in [-0.4, -0.2) is 57.1 Å². The molecule has 0 unspecified atom stereocenters. The molecule has 0 aliphatic heterocycles. The molecule has 0 atom stereocenters. The highest BCUT2D eigenvalue weighted by molar-refractivity contribution is 5.84. The van der Waals surface area contributed by atoms with Crippen LogP contribution in [0.2, 0.25) is 0 Å². The lowest BCUT2D eigenvalue weighted by Gasteiger charge is -2.25. The maximum atomic E-state index is 11.9. The fourth-order valence-electron chi connectivity index (χ4n) is 3.30. The van der Waals surface area contributed by atoms with Crippen LogP contribution in [0.25, 0.3) is 0 Å². The van der Waals surface area contributed by atoms with E-state index in [9.17, 15) is 4.79 Å². The first-order chi connectivity index (χ1) is 13.0. The number of hydrogen-bond acceptors (Lipinski definition) is 3. The third-order valence-corrected chi connectivity index (χ3v) is 4.94. The third kappa shape index (κ3) is 7.12. The predicted octanol–water partition coefficient (Wildman–Crippen LogP) is 2.50. The van der Waals surface area contributed by atoms with Crippen LogP contribution in [0.5, 0.6) is 5.75 Å². The minimum absolute atomic E-state index is 0.0000903. The van der Waals surface area contributed by atoms with Crippen LogP contribution in [0.1, 0.15) is 43.2 Å². The highest BCUT2D eigenvalue weighted by Crippen LogP contribution is 2.20. The number of carbonyl (C=O) groups is 1. The molecule has 27 heavy (non-hydrogen) atoms. The average molecular weight is 375 g/mol. The molecule has 6 nitrogen and oxygen atoms in total. The predicted molar refractivity (Wildman–Crippen MR) is 110 cm³/mol. The number of aliphatic imine (C=N–C) groups is 1. The summed E-state index contributed by atoms with van der Waals surface area (Å²) in [5.74, 6) is 1.63. The molecule has 0 radical (unpaired) electrons. The molecule has 0 spiro atoms. The highest BCUT2D eigenvalue weighted by Gasteiger charge is 2.15. The van der Waals surface area contributed by atoms with E-state index < -0.39 is 0 Å². The minimum atomic E-state index is 0.0000903. The molecular formula is C21H34N4O2. The summed E-state index contributed by atoms with van der Waals surface area (Å²) in [5, 5.41) is 6.91. The van der Waals surface area contributed by atoms with E-state index in [0.717, 1.165) is 37.5 Å². The van der Waals surface area contributed by atoms with Crippen molar-refractivity contribution in [2.24, 2.45) is 4.99 Å². The number of rotatable bonds is 7. The van der Waals surface area contributed by atoms with E-state index in [-0.39, 0.29) is 12.5 Å². The summed E-state index contributed by atoms with van der Waals surface area (Å²) in [4.78, 5) is 18.0. The summed E-state index contributed by atoms with van der Waals surface area (Å²) in [5.41, 5.74) is 2.39. The van der Waals surface area contributed by atoms with Crippen LogP contribution < -0.4 is 15.4 Å². The van der Waals surface area contributed by atoms with Gasteiger partial charge in [0.1, 0.15) is 12.3 Å². The van der Waals surface area contributed by atoms with E-state index >= 15 is 0 Å². The number of nitrogens with zero attached hydrogens (tertiary/aromatic N) is 2. The molecule has 150 valence electrons. The van der Waals surface area contributed by atoms with Gasteiger partial charge >= 0.3 is 0 Å². The van der Waals surface area contributed by atoms with Gasteiger partial charge in [0.2, 0.25) is 5.91 Å². The van der Waals surface area contributed by atoms with Gasteiger partial charge in [0.15, 0.2) is 5.96 Å². The van der Waals surface area contributed by atoms with E-state index in [0.29, 0.717) is 6.04 Å². The van der Waals surface area contributed by atoms with Gasteiger partial charge in [-0.25, -0.2) is 4.99 Å². The zero-order valence-corrected chi connectivity index (χ0v) is 17.2. The Morgan fingerprint density at radius 2 is 2.00 bits per heavy atom. The first kappa shape index (κ1) is 21.1. The van der Waals surface area contributed by atoms with Gasteiger partial charge in [0.25, 0.3) is 0 Å². The summed E-state index contributed by atoms with van der Waals surface area (Å²) in [6.07, 6.45) is 6.97. The Morgan fingerprint density at radius 1 is 1.26 bits per heavy atom. The van der Waals surface area contributed by atoms with Gasteiger partial charge in [-0.05, 0) is 37.8 Å². The van der Waals surface area contributed by atoms with Crippen molar-refractivity contribution in [2.75, 3.05) is 34.3 Å². The van der Waals surface area contributed by atoms with Gasteiger partial charge in [-0.3, -0.25) is 4.79 Å². The number of ether oxygens (including phenoxy) is 1. The fraction of sp³-hybridized carbons (Fsp3) is 0.619. The standard InChI is InChI=1S/C21H34N4O2/c1-16-10-11-19(27-4)17(14-16)12-13-22-21(23-15-20(26)25(2)3)24-18-8-6-5-7-9-18/h10-11,14,18H,5-9,12-13,15H2,1-4H3,(H2,22,23,24). The molecule has 0 saturated heterocycles. The van der Waals surface area contributed by atoms with Crippen molar-refractivity contribution in [2.45, 2.75) is 51.5 Å². The molecule has 1 aromatic rings. The number of aryl methyl sites for hydroxylation is 1. The van der Waals surface area contributed by atoms with Gasteiger partial charge in [-0.2, -0.15) is 0 Å². The highest BCUT2D eigenvalue weighted by atomic mass is 16.5. The van der Waals surface area contributed by atoms with Crippen LogP contribution in [0.15, 0.2) is 23.2 Å². The second-order valence-corrected chi connectivity index (χ2v) is 7.42. The summed E-state index contributed by atoms with van der Waals surface area (Å²) < 4.78 is 5.46. The molecule has 1 fully saturated rings. The normalized spacial score (nSPS) is 15.3. The number of hydrogen-bond donors (Lipinski definition) is 2. The first-order valence-corrected chi connectivity index (χ1v) is 9.88. The Balaban J connectivity index is 1.97. The van der Waals surface area contributed by atoms with Gasteiger partial charge in [0, 0.05) is 26.7 Å². The maximum Gasteiger partial charge on any atom is 0.243 e. The Kier molecular flexibility index (Phi) is 8.43. The van der Waals surface area contributed by atoms with E-state index in [1.807, 2.05) is 6.07 Å². The molecule has 1 amide bonds. The number of likely N-dealkylation sites (N-methyl/N-ethyl adjacent to an activating group) is 1. The molecule has 6 heteroatoms. The number of nitrogens with one attached hydrogen (secondary N) is 2. The molecule has 0 bridgehead atoms. The number of carbonyl (C=O) groups excluding carboxylic acids is 1. The topological polar surface area (TPSA) is 66.0 Å². The van der Waals surface area contributed by atoms with Crippen LogP contribution in [-0.2, 0) is 11.2 Å². The van der Waals surface area contributed by atoms with E-state index in [4.69, 9.17) is 4.74 Å². The van der Waals surface area contributed by atoms with Crippen molar-refractivity contribution < 1.29 is 9.53 Å². The number of methoxy groups -OCH3 is 1. The first-order valence-electron chi connectivity index (χ1n) is 9.88. The van der Waals surface area contributed by atoms with Crippen molar-refractivity contribution in [1.82, 2.24) is 15.5 Å². The molecule has 2 N–H and O–H groups in total. The van der Waals surface area contributed by atoms with Crippen LogP contribution in [0, 0.1) is 6.92 Å². The number of amides is 1. The molecule has 1 saturated carbocycles. The summed E-state index contributed by atoms with van der Waals surface area (Å²) in [7, 11) is 5.21. The summed E-state index contributed by atoms with van der Waals surface area (Å²) in [6.45, 7) is 2.97. The SMILES string of the molecule is COc1ccc(C)cc1CCNC(=NCC(=O)N(C)C)NC1CCCCC1. The molecule has 0 heterocycles. The molecule has 0 aromatic heterocycles. The second-order valence-electron chi connectivity index (χ2n) is 7.42. The van der Waals surface area contributed by atoms with Crippen molar-refractivity contribution in [3.63, 3.8) is 0 Å². The number of guanidine groups is 1. The van der Waals surface area contributed by atoms with Crippen molar-refractivity contribution in [3.8, 4) is 5.75 Å². The lowest BCUT2D eigenvalue weighted by Crippen LogP contribution is -2.45. The summed E-state index contributed by atoms with van der Waals surface area (Å²) >= 11 is 0. The Labute approximate surface area is 163 Å². The zero-order chi connectivity index (χ0) is 19.6. The van der Waals surface area contributed by atoms with Crippen molar-refractivity contribution in [3.05, 3.63) is 29.3 Å². The maximum absolute atomic E-state index is 11.9. The lowest BCUT2D eigenvalue weighted by atomic mass is 9.96. The molecule has 1 aliphatic rings. The quantitative estimate of drug-likeness (QED) is 0.568. The van der Waals surface area contributed by atoms with Gasteiger partial charge in [0.05, 0.1) is 7.11 Å². The fourth-order valence-corrected chi connectivity index (χ4v) is 3.30. The lowest BCUT2D eigenvalue weighted by molar-refractivity contribution is -0.127. The molecule has 1 aliphatic carbocycles. The second kappa shape index (κ2) is 10.8.